The van der Waals surface area contributed by atoms with Crippen molar-refractivity contribution in [2.75, 3.05) is 13.1 Å². The molecule has 0 radical (unpaired) electrons. The van der Waals surface area contributed by atoms with Crippen molar-refractivity contribution in [2.45, 2.75) is 12.3 Å². The molecule has 0 unspecified atom stereocenters. The van der Waals surface area contributed by atoms with Gasteiger partial charge in [0, 0.05) is 42.3 Å². The van der Waals surface area contributed by atoms with Crippen LogP contribution in [0.5, 0.6) is 0 Å². The lowest BCUT2D eigenvalue weighted by atomic mass is 10.1. The van der Waals surface area contributed by atoms with Crippen LogP contribution in [-0.4, -0.2) is 38.4 Å². The minimum Gasteiger partial charge on any atom is -0.338 e. The number of nitrogens with zero attached hydrogens (tertiary/aromatic N) is 4. The highest BCUT2D eigenvalue weighted by Crippen LogP contribution is 2.29. The third-order valence-electron chi connectivity index (χ3n) is 4.57. The van der Waals surface area contributed by atoms with Crippen LogP contribution in [-0.2, 0) is 7.05 Å². The van der Waals surface area contributed by atoms with Gasteiger partial charge in [0.05, 0.1) is 0 Å². The molecule has 1 saturated heterocycles. The number of carbonyl (C=O) groups excluding carboxylic acids is 1. The molecule has 5 nitrogen and oxygen atoms in total. The van der Waals surface area contributed by atoms with Crippen LogP contribution >= 0.6 is 15.9 Å². The molecule has 3 aromatic rings. The standard InChI is InChI=1S/C18H17BrN4O/c1-22-16(21-15-6-3-8-20-17(15)22)13-7-9-23(11-13)18(24)12-4-2-5-14(19)10-12/h2-6,8,10,13H,7,9,11H2,1H3/t13-/m1/s1. The summed E-state index contributed by atoms with van der Waals surface area (Å²) in [5.41, 5.74) is 2.52. The van der Waals surface area contributed by atoms with E-state index in [0.29, 0.717) is 6.54 Å². The molecule has 1 fully saturated rings. The number of hydrogen-bond donors (Lipinski definition) is 0. The van der Waals surface area contributed by atoms with Gasteiger partial charge in [-0.05, 0) is 36.8 Å². The molecule has 0 N–H and O–H groups in total. The first kappa shape index (κ1) is 15.3. The number of halogens is 1. The zero-order valence-electron chi connectivity index (χ0n) is 13.3. The van der Waals surface area contributed by atoms with Gasteiger partial charge in [-0.3, -0.25) is 4.79 Å². The number of likely N-dealkylation sites (tertiary alicyclic amines) is 1. The monoisotopic (exact) mass is 384 g/mol. The average molecular weight is 385 g/mol. The lowest BCUT2D eigenvalue weighted by Crippen LogP contribution is -2.28. The van der Waals surface area contributed by atoms with Gasteiger partial charge in [-0.2, -0.15) is 0 Å². The summed E-state index contributed by atoms with van der Waals surface area (Å²) in [5.74, 6) is 1.34. The minimum atomic E-state index is 0.0793. The molecular formula is C18H17BrN4O. The van der Waals surface area contributed by atoms with E-state index in [0.717, 1.165) is 40.0 Å². The van der Waals surface area contributed by atoms with Gasteiger partial charge in [-0.1, -0.05) is 22.0 Å². The molecule has 1 aliphatic heterocycles. The van der Waals surface area contributed by atoms with Gasteiger partial charge in [0.1, 0.15) is 11.3 Å². The van der Waals surface area contributed by atoms with E-state index < -0.39 is 0 Å². The summed E-state index contributed by atoms with van der Waals surface area (Å²) in [6.07, 6.45) is 2.71. The lowest BCUT2D eigenvalue weighted by Gasteiger charge is -2.16. The van der Waals surface area contributed by atoms with E-state index in [1.165, 1.54) is 0 Å². The van der Waals surface area contributed by atoms with E-state index >= 15 is 0 Å². The molecule has 1 atom stereocenters. The molecular weight excluding hydrogens is 368 g/mol. The third-order valence-corrected chi connectivity index (χ3v) is 5.07. The van der Waals surface area contributed by atoms with Crippen molar-refractivity contribution in [2.24, 2.45) is 7.05 Å². The summed E-state index contributed by atoms with van der Waals surface area (Å²) in [6, 6.07) is 11.4. The number of imidazole rings is 1. The highest BCUT2D eigenvalue weighted by atomic mass is 79.9. The fraction of sp³-hybridized carbons (Fsp3) is 0.278. The molecule has 1 amide bonds. The SMILES string of the molecule is Cn1c([C@@H]2CCN(C(=O)c3cccc(Br)c3)C2)nc2cccnc21. The Hall–Kier alpha value is -2.21. The summed E-state index contributed by atoms with van der Waals surface area (Å²) < 4.78 is 2.97. The molecule has 0 saturated carbocycles. The van der Waals surface area contributed by atoms with Crippen LogP contribution in [0.3, 0.4) is 0 Å². The Kier molecular flexibility index (Phi) is 3.84. The predicted octanol–water partition coefficient (Wildman–Crippen LogP) is 3.36. The molecule has 0 bridgehead atoms. The zero-order chi connectivity index (χ0) is 16.7. The molecule has 1 aromatic carbocycles. The van der Waals surface area contributed by atoms with Crippen LogP contribution in [0.25, 0.3) is 11.2 Å². The molecule has 1 aliphatic rings. The number of aryl methyl sites for hydroxylation is 1. The highest BCUT2D eigenvalue weighted by Gasteiger charge is 2.31. The number of carbonyl (C=O) groups is 1. The molecule has 0 spiro atoms. The second-order valence-electron chi connectivity index (χ2n) is 6.12. The third kappa shape index (κ3) is 2.60. The first-order valence-electron chi connectivity index (χ1n) is 7.95. The predicted molar refractivity (Wildman–Crippen MR) is 95.9 cm³/mol. The smallest absolute Gasteiger partial charge is 0.253 e. The Labute approximate surface area is 148 Å². The number of benzene rings is 1. The van der Waals surface area contributed by atoms with Crippen molar-refractivity contribution in [3.8, 4) is 0 Å². The van der Waals surface area contributed by atoms with E-state index in [1.54, 1.807) is 6.20 Å². The summed E-state index contributed by atoms with van der Waals surface area (Å²) >= 11 is 3.43. The average Bonchev–Trinajstić information content (AvgIpc) is 3.20. The number of amides is 1. The molecule has 2 aromatic heterocycles. The van der Waals surface area contributed by atoms with Crippen LogP contribution in [0, 0.1) is 0 Å². The minimum absolute atomic E-state index is 0.0793. The van der Waals surface area contributed by atoms with Gasteiger partial charge in [0.25, 0.3) is 5.91 Å². The number of aromatic nitrogens is 3. The highest BCUT2D eigenvalue weighted by molar-refractivity contribution is 9.10. The Morgan fingerprint density at radius 1 is 1.29 bits per heavy atom. The Morgan fingerprint density at radius 2 is 2.17 bits per heavy atom. The Bertz CT molecular complexity index is 920. The topological polar surface area (TPSA) is 51.0 Å². The van der Waals surface area contributed by atoms with Gasteiger partial charge in [-0.25, -0.2) is 9.97 Å². The fourth-order valence-electron chi connectivity index (χ4n) is 3.37. The summed E-state index contributed by atoms with van der Waals surface area (Å²) in [4.78, 5) is 23.7. The summed E-state index contributed by atoms with van der Waals surface area (Å²) in [6.45, 7) is 1.45. The molecule has 0 aliphatic carbocycles. The van der Waals surface area contributed by atoms with E-state index in [-0.39, 0.29) is 11.8 Å². The lowest BCUT2D eigenvalue weighted by molar-refractivity contribution is 0.0790. The maximum Gasteiger partial charge on any atom is 0.253 e. The second-order valence-corrected chi connectivity index (χ2v) is 7.04. The number of hydrogen-bond acceptors (Lipinski definition) is 3. The van der Waals surface area contributed by atoms with Crippen LogP contribution < -0.4 is 0 Å². The largest absolute Gasteiger partial charge is 0.338 e. The maximum absolute atomic E-state index is 12.7. The van der Waals surface area contributed by atoms with Gasteiger partial charge in [0.2, 0.25) is 0 Å². The van der Waals surface area contributed by atoms with Crippen molar-refractivity contribution in [1.29, 1.82) is 0 Å². The van der Waals surface area contributed by atoms with Crippen molar-refractivity contribution in [1.82, 2.24) is 19.4 Å². The number of rotatable bonds is 2. The van der Waals surface area contributed by atoms with Crippen LogP contribution in [0.4, 0.5) is 0 Å². The van der Waals surface area contributed by atoms with Gasteiger partial charge in [0.15, 0.2) is 5.65 Å². The second kappa shape index (κ2) is 6.02. The molecule has 4 rings (SSSR count). The molecule has 6 heteroatoms. The summed E-state index contributed by atoms with van der Waals surface area (Å²) in [5, 5.41) is 0. The van der Waals surface area contributed by atoms with Gasteiger partial charge in [-0.15, -0.1) is 0 Å². The first-order chi connectivity index (χ1) is 11.6. The fourth-order valence-corrected chi connectivity index (χ4v) is 3.77. The number of pyridine rings is 1. The number of fused-ring (bicyclic) bond motifs is 1. The maximum atomic E-state index is 12.7. The van der Waals surface area contributed by atoms with Crippen molar-refractivity contribution in [3.63, 3.8) is 0 Å². The van der Waals surface area contributed by atoms with Gasteiger partial charge < -0.3 is 9.47 Å². The van der Waals surface area contributed by atoms with Crippen molar-refractivity contribution in [3.05, 3.63) is 58.5 Å². The van der Waals surface area contributed by atoms with Crippen molar-refractivity contribution < 1.29 is 4.79 Å². The Morgan fingerprint density at radius 3 is 2.96 bits per heavy atom. The van der Waals surface area contributed by atoms with Crippen molar-refractivity contribution >= 4 is 33.0 Å². The summed E-state index contributed by atoms with van der Waals surface area (Å²) in [7, 11) is 2.00. The Balaban J connectivity index is 1.57. The first-order valence-corrected chi connectivity index (χ1v) is 8.75. The van der Waals surface area contributed by atoms with E-state index in [1.807, 2.05) is 52.9 Å². The van der Waals surface area contributed by atoms with Crippen LogP contribution in [0.15, 0.2) is 47.1 Å². The van der Waals surface area contributed by atoms with E-state index in [2.05, 4.69) is 20.9 Å². The zero-order valence-corrected chi connectivity index (χ0v) is 14.9. The molecule has 122 valence electrons. The molecule has 3 heterocycles. The van der Waals surface area contributed by atoms with E-state index in [4.69, 9.17) is 4.98 Å². The van der Waals surface area contributed by atoms with Crippen LogP contribution in [0.1, 0.15) is 28.5 Å². The van der Waals surface area contributed by atoms with E-state index in [9.17, 15) is 4.79 Å². The normalized spacial score (nSPS) is 17.6. The van der Waals surface area contributed by atoms with Gasteiger partial charge >= 0.3 is 0 Å². The van der Waals surface area contributed by atoms with Crippen LogP contribution in [0.2, 0.25) is 0 Å². The quantitative estimate of drug-likeness (QED) is 0.680. The molecule has 24 heavy (non-hydrogen) atoms.